The van der Waals surface area contributed by atoms with E-state index in [9.17, 15) is 0 Å². The van der Waals surface area contributed by atoms with E-state index in [1.165, 1.54) is 29.8 Å². The standard InChI is InChI=1S/C14H22N2O/c1-9-6-12-13(15)4-3-5-14(12)16(9)10-7-11(8-10)17-2/h6,10-11,13H,3-5,7-8,15H2,1-2H3. The second-order valence-corrected chi connectivity index (χ2v) is 5.54. The zero-order valence-corrected chi connectivity index (χ0v) is 10.8. The van der Waals surface area contributed by atoms with E-state index < -0.39 is 0 Å². The first-order chi connectivity index (χ1) is 8.20. The zero-order valence-electron chi connectivity index (χ0n) is 10.8. The van der Waals surface area contributed by atoms with Crippen LogP contribution >= 0.6 is 0 Å². The highest BCUT2D eigenvalue weighted by molar-refractivity contribution is 5.33. The fourth-order valence-corrected chi connectivity index (χ4v) is 3.41. The lowest BCUT2D eigenvalue weighted by atomic mass is 9.87. The summed E-state index contributed by atoms with van der Waals surface area (Å²) in [5, 5.41) is 0. The molecular weight excluding hydrogens is 212 g/mol. The molecule has 0 aromatic carbocycles. The Balaban J connectivity index is 1.90. The maximum absolute atomic E-state index is 6.20. The van der Waals surface area contributed by atoms with E-state index in [0.717, 1.165) is 19.3 Å². The van der Waals surface area contributed by atoms with Crippen LogP contribution in [0.2, 0.25) is 0 Å². The summed E-state index contributed by atoms with van der Waals surface area (Å²) in [6.07, 6.45) is 6.36. The van der Waals surface area contributed by atoms with Crippen molar-refractivity contribution in [2.75, 3.05) is 7.11 Å². The summed E-state index contributed by atoms with van der Waals surface area (Å²) >= 11 is 0. The molecule has 0 spiro atoms. The summed E-state index contributed by atoms with van der Waals surface area (Å²) in [5.74, 6) is 0. The van der Waals surface area contributed by atoms with E-state index in [-0.39, 0.29) is 6.04 Å². The molecule has 1 fully saturated rings. The summed E-state index contributed by atoms with van der Waals surface area (Å²) in [4.78, 5) is 0. The van der Waals surface area contributed by atoms with Crippen molar-refractivity contribution < 1.29 is 4.74 Å². The van der Waals surface area contributed by atoms with Gasteiger partial charge in [-0.15, -0.1) is 0 Å². The summed E-state index contributed by atoms with van der Waals surface area (Å²) in [5.41, 5.74) is 10.5. The molecule has 3 nitrogen and oxygen atoms in total. The summed E-state index contributed by atoms with van der Waals surface area (Å²) in [6, 6.07) is 3.21. The highest BCUT2D eigenvalue weighted by Crippen LogP contribution is 2.40. The molecule has 3 rings (SSSR count). The highest BCUT2D eigenvalue weighted by Gasteiger charge is 2.34. The molecule has 0 amide bonds. The number of rotatable bonds is 2. The van der Waals surface area contributed by atoms with Crippen molar-refractivity contribution >= 4 is 0 Å². The lowest BCUT2D eigenvalue weighted by Gasteiger charge is -2.38. The van der Waals surface area contributed by atoms with E-state index in [0.29, 0.717) is 12.1 Å². The van der Waals surface area contributed by atoms with Gasteiger partial charge in [-0.05, 0) is 50.7 Å². The van der Waals surface area contributed by atoms with Gasteiger partial charge in [-0.1, -0.05) is 0 Å². The Morgan fingerprint density at radius 3 is 2.88 bits per heavy atom. The van der Waals surface area contributed by atoms with Crippen LogP contribution in [0.4, 0.5) is 0 Å². The van der Waals surface area contributed by atoms with Crippen molar-refractivity contribution in [3.8, 4) is 0 Å². The Morgan fingerprint density at radius 1 is 1.41 bits per heavy atom. The van der Waals surface area contributed by atoms with Crippen molar-refractivity contribution in [2.24, 2.45) is 5.73 Å². The second-order valence-electron chi connectivity index (χ2n) is 5.54. The van der Waals surface area contributed by atoms with Crippen molar-refractivity contribution in [3.63, 3.8) is 0 Å². The lowest BCUT2D eigenvalue weighted by Crippen LogP contribution is -2.34. The van der Waals surface area contributed by atoms with Crippen molar-refractivity contribution in [3.05, 3.63) is 23.0 Å². The van der Waals surface area contributed by atoms with Gasteiger partial charge in [-0.3, -0.25) is 0 Å². The van der Waals surface area contributed by atoms with Crippen molar-refractivity contribution in [1.82, 2.24) is 4.57 Å². The SMILES string of the molecule is COC1CC(n2c(C)cc3c2CCCC3N)C1. The fourth-order valence-electron chi connectivity index (χ4n) is 3.41. The molecule has 1 heterocycles. The molecule has 1 saturated carbocycles. The Morgan fingerprint density at radius 2 is 2.18 bits per heavy atom. The molecule has 1 aromatic heterocycles. The van der Waals surface area contributed by atoms with Gasteiger partial charge >= 0.3 is 0 Å². The number of ether oxygens (including phenoxy) is 1. The highest BCUT2D eigenvalue weighted by atomic mass is 16.5. The summed E-state index contributed by atoms with van der Waals surface area (Å²) < 4.78 is 7.91. The summed E-state index contributed by atoms with van der Waals surface area (Å²) in [6.45, 7) is 2.21. The van der Waals surface area contributed by atoms with Crippen LogP contribution < -0.4 is 5.73 Å². The minimum Gasteiger partial charge on any atom is -0.381 e. The number of fused-ring (bicyclic) bond motifs is 1. The fraction of sp³-hybridized carbons (Fsp3) is 0.714. The van der Waals surface area contributed by atoms with Crippen LogP contribution in [0.3, 0.4) is 0 Å². The van der Waals surface area contributed by atoms with Crippen LogP contribution in [0, 0.1) is 6.92 Å². The number of aryl methyl sites for hydroxylation is 1. The lowest BCUT2D eigenvalue weighted by molar-refractivity contribution is 0.00490. The molecule has 94 valence electrons. The van der Waals surface area contributed by atoms with Gasteiger partial charge in [0.2, 0.25) is 0 Å². The maximum atomic E-state index is 6.20. The first-order valence-corrected chi connectivity index (χ1v) is 6.69. The van der Waals surface area contributed by atoms with Gasteiger partial charge in [-0.25, -0.2) is 0 Å². The van der Waals surface area contributed by atoms with Crippen LogP contribution in [-0.4, -0.2) is 17.8 Å². The van der Waals surface area contributed by atoms with Gasteiger partial charge in [0.15, 0.2) is 0 Å². The van der Waals surface area contributed by atoms with Gasteiger partial charge in [0, 0.05) is 30.6 Å². The second kappa shape index (κ2) is 4.14. The monoisotopic (exact) mass is 234 g/mol. The third-order valence-electron chi connectivity index (χ3n) is 4.46. The van der Waals surface area contributed by atoms with Gasteiger partial charge in [0.05, 0.1) is 6.10 Å². The number of hydrogen-bond donors (Lipinski definition) is 1. The van der Waals surface area contributed by atoms with E-state index >= 15 is 0 Å². The van der Waals surface area contributed by atoms with Gasteiger partial charge < -0.3 is 15.0 Å². The molecule has 1 atom stereocenters. The molecule has 0 radical (unpaired) electrons. The van der Waals surface area contributed by atoms with E-state index in [1.807, 2.05) is 7.11 Å². The third kappa shape index (κ3) is 1.72. The van der Waals surface area contributed by atoms with Gasteiger partial charge in [-0.2, -0.15) is 0 Å². The predicted octanol–water partition coefficient (Wildman–Crippen LogP) is 2.48. The molecule has 1 aromatic rings. The van der Waals surface area contributed by atoms with E-state index in [2.05, 4.69) is 17.6 Å². The van der Waals surface area contributed by atoms with Crippen molar-refractivity contribution in [1.29, 1.82) is 0 Å². The van der Waals surface area contributed by atoms with Crippen LogP contribution in [0.25, 0.3) is 0 Å². The molecule has 17 heavy (non-hydrogen) atoms. The molecule has 1 unspecified atom stereocenters. The van der Waals surface area contributed by atoms with Crippen LogP contribution in [0.5, 0.6) is 0 Å². The predicted molar refractivity (Wildman–Crippen MR) is 68.1 cm³/mol. The normalized spacial score (nSPS) is 32.1. The molecule has 2 aliphatic rings. The molecule has 0 aliphatic heterocycles. The first-order valence-electron chi connectivity index (χ1n) is 6.69. The minimum atomic E-state index is 0.261. The number of aromatic nitrogens is 1. The van der Waals surface area contributed by atoms with Gasteiger partial charge in [0.25, 0.3) is 0 Å². The van der Waals surface area contributed by atoms with E-state index in [4.69, 9.17) is 10.5 Å². The molecule has 0 bridgehead atoms. The average Bonchev–Trinajstić information content (AvgIpc) is 2.57. The first kappa shape index (κ1) is 11.3. The Kier molecular flexibility index (Phi) is 2.75. The summed E-state index contributed by atoms with van der Waals surface area (Å²) in [7, 11) is 1.81. The molecule has 2 N–H and O–H groups in total. The van der Waals surface area contributed by atoms with Crippen molar-refractivity contribution in [2.45, 2.75) is 57.2 Å². The van der Waals surface area contributed by atoms with Crippen LogP contribution in [0.1, 0.15) is 54.7 Å². The Labute approximate surface area is 103 Å². The largest absolute Gasteiger partial charge is 0.381 e. The number of nitrogens with two attached hydrogens (primary N) is 1. The van der Waals surface area contributed by atoms with E-state index in [1.54, 1.807) is 0 Å². The smallest absolute Gasteiger partial charge is 0.0610 e. The average molecular weight is 234 g/mol. The minimum absolute atomic E-state index is 0.261. The van der Waals surface area contributed by atoms with Crippen LogP contribution in [0.15, 0.2) is 6.07 Å². The Hall–Kier alpha value is -0.800. The molecule has 2 aliphatic carbocycles. The quantitative estimate of drug-likeness (QED) is 0.854. The Bertz CT molecular complexity index is 418. The number of nitrogens with zero attached hydrogens (tertiary/aromatic N) is 1. The number of hydrogen-bond acceptors (Lipinski definition) is 2. The zero-order chi connectivity index (χ0) is 12.0. The third-order valence-corrected chi connectivity index (χ3v) is 4.46. The maximum Gasteiger partial charge on any atom is 0.0610 e. The topological polar surface area (TPSA) is 40.2 Å². The van der Waals surface area contributed by atoms with Crippen LogP contribution in [-0.2, 0) is 11.2 Å². The molecule has 0 saturated heterocycles. The van der Waals surface area contributed by atoms with Gasteiger partial charge in [0.1, 0.15) is 0 Å². The molecule has 3 heteroatoms. The number of methoxy groups -OCH3 is 1. The molecular formula is C14H22N2O.